The Bertz CT molecular complexity index is 1410. The molecule has 198 valence electrons. The van der Waals surface area contributed by atoms with Crippen molar-refractivity contribution >= 4 is 15.7 Å². The van der Waals surface area contributed by atoms with E-state index in [0.717, 1.165) is 29.6 Å². The molecule has 1 aliphatic rings. The maximum atomic E-state index is 12.7. The lowest BCUT2D eigenvalue weighted by Gasteiger charge is -2.25. The van der Waals surface area contributed by atoms with Gasteiger partial charge in [-0.05, 0) is 49.3 Å². The van der Waals surface area contributed by atoms with Crippen molar-refractivity contribution in [1.29, 1.82) is 0 Å². The fraction of sp³-hybridized carbons (Fsp3) is 0.462. The normalized spacial score (nSPS) is 16.3. The summed E-state index contributed by atoms with van der Waals surface area (Å²) in [6.07, 6.45) is 10.7. The highest BCUT2D eigenvalue weighted by molar-refractivity contribution is 7.92. The summed E-state index contributed by atoms with van der Waals surface area (Å²) in [5.74, 6) is -0.367. The number of nitrogens with one attached hydrogen (secondary N) is 1. The van der Waals surface area contributed by atoms with Crippen LogP contribution < -0.4 is 11.0 Å². The zero-order valence-electron chi connectivity index (χ0n) is 21.1. The number of hydroxylamine groups is 1. The maximum Gasteiger partial charge on any atom is 0.264 e. The Hall–Kier alpha value is -3.31. The topological polar surface area (TPSA) is 136 Å². The number of carbonyl (C=O) groups excluding carboxylic acids is 1. The predicted octanol–water partition coefficient (Wildman–Crippen LogP) is 3.05. The molecule has 2 N–H and O–H groups in total. The quantitative estimate of drug-likeness (QED) is 0.322. The van der Waals surface area contributed by atoms with Gasteiger partial charge < -0.3 is 4.57 Å². The SMILES string of the molecule is CC(CCn1ccc(-c2ccc(-c3cn(CC4CCCCC4)nn3)cc2)cc1=O)(C(=O)NO)S(C)(=O)=O. The highest BCUT2D eigenvalue weighted by atomic mass is 32.2. The van der Waals surface area contributed by atoms with Gasteiger partial charge in [0.2, 0.25) is 0 Å². The third-order valence-electron chi connectivity index (χ3n) is 7.45. The van der Waals surface area contributed by atoms with Gasteiger partial charge in [0, 0.05) is 37.2 Å². The minimum atomic E-state index is -3.84. The summed E-state index contributed by atoms with van der Waals surface area (Å²) in [7, 11) is -3.84. The first-order valence-corrected chi connectivity index (χ1v) is 14.4. The molecular formula is C26H33N5O5S. The average molecular weight is 528 g/mol. The molecule has 1 fully saturated rings. The molecule has 2 aromatic heterocycles. The van der Waals surface area contributed by atoms with E-state index in [1.54, 1.807) is 12.3 Å². The monoisotopic (exact) mass is 527 g/mol. The van der Waals surface area contributed by atoms with Crippen LogP contribution in [0.25, 0.3) is 22.4 Å². The molecule has 0 saturated heterocycles. The molecule has 0 radical (unpaired) electrons. The fourth-order valence-electron chi connectivity index (χ4n) is 4.78. The summed E-state index contributed by atoms with van der Waals surface area (Å²) < 4.78 is 25.7. The second kappa shape index (κ2) is 11.0. The Labute approximate surface area is 216 Å². The molecule has 37 heavy (non-hydrogen) atoms. The molecule has 3 aromatic rings. The largest absolute Gasteiger partial charge is 0.315 e. The zero-order chi connectivity index (χ0) is 26.6. The standard InChI is InChI=1S/C26H33N5O5S/c1-26(25(33)28-34,37(2,35)36)13-15-30-14-12-22(16-24(30)32)20-8-10-21(11-9-20)23-18-31(29-27-23)17-19-6-4-3-5-7-19/h8-12,14,16,18-19,34H,3-7,13,15,17H2,1-2H3,(H,28,33). The van der Waals surface area contributed by atoms with Gasteiger partial charge >= 0.3 is 0 Å². The van der Waals surface area contributed by atoms with Gasteiger partial charge in [0.1, 0.15) is 5.69 Å². The lowest BCUT2D eigenvalue weighted by atomic mass is 9.89. The number of rotatable bonds is 9. The van der Waals surface area contributed by atoms with Crippen molar-refractivity contribution in [2.75, 3.05) is 6.26 Å². The number of benzene rings is 1. The third kappa shape index (κ3) is 5.99. The van der Waals surface area contributed by atoms with E-state index in [9.17, 15) is 18.0 Å². The molecule has 0 spiro atoms. The van der Waals surface area contributed by atoms with Crippen LogP contribution >= 0.6 is 0 Å². The smallest absolute Gasteiger partial charge is 0.264 e. The van der Waals surface area contributed by atoms with Crippen molar-refractivity contribution in [3.63, 3.8) is 0 Å². The van der Waals surface area contributed by atoms with E-state index < -0.39 is 20.5 Å². The fourth-order valence-corrected chi connectivity index (χ4v) is 5.62. The number of sulfone groups is 1. The summed E-state index contributed by atoms with van der Waals surface area (Å²) in [6.45, 7) is 2.12. The van der Waals surface area contributed by atoms with Gasteiger partial charge in [0.25, 0.3) is 11.5 Å². The minimum Gasteiger partial charge on any atom is -0.315 e. The van der Waals surface area contributed by atoms with Gasteiger partial charge in [0.05, 0.1) is 6.20 Å². The van der Waals surface area contributed by atoms with Crippen LogP contribution in [0.3, 0.4) is 0 Å². The Morgan fingerprint density at radius 3 is 2.41 bits per heavy atom. The number of amides is 1. The molecule has 2 heterocycles. The van der Waals surface area contributed by atoms with Gasteiger partial charge in [-0.1, -0.05) is 48.7 Å². The molecule has 1 saturated carbocycles. The Morgan fingerprint density at radius 1 is 1.11 bits per heavy atom. The number of aromatic nitrogens is 4. The first-order chi connectivity index (χ1) is 17.6. The van der Waals surface area contributed by atoms with E-state index >= 15 is 0 Å². The van der Waals surface area contributed by atoms with Crippen LogP contribution in [0.5, 0.6) is 0 Å². The second-order valence-electron chi connectivity index (χ2n) is 10.0. The Balaban J connectivity index is 1.44. The van der Waals surface area contributed by atoms with E-state index in [1.165, 1.54) is 55.1 Å². The van der Waals surface area contributed by atoms with Gasteiger partial charge in [-0.25, -0.2) is 13.9 Å². The first kappa shape index (κ1) is 26.7. The average Bonchev–Trinajstić information content (AvgIpc) is 3.35. The molecule has 1 atom stereocenters. The molecule has 1 unspecified atom stereocenters. The number of nitrogens with zero attached hydrogens (tertiary/aromatic N) is 4. The summed E-state index contributed by atoms with van der Waals surface area (Å²) in [6, 6.07) is 11.0. The van der Waals surface area contributed by atoms with E-state index in [4.69, 9.17) is 5.21 Å². The van der Waals surface area contributed by atoms with Crippen LogP contribution in [0.4, 0.5) is 0 Å². The molecule has 1 aromatic carbocycles. The lowest BCUT2D eigenvalue weighted by molar-refractivity contribution is -0.131. The van der Waals surface area contributed by atoms with Crippen LogP contribution in [-0.4, -0.2) is 50.1 Å². The lowest BCUT2D eigenvalue weighted by Crippen LogP contribution is -2.49. The van der Waals surface area contributed by atoms with Crippen LogP contribution in [-0.2, 0) is 27.7 Å². The maximum absolute atomic E-state index is 12.7. The molecule has 11 heteroatoms. The van der Waals surface area contributed by atoms with Crippen molar-refractivity contribution in [3.05, 3.63) is 59.1 Å². The Morgan fingerprint density at radius 2 is 1.78 bits per heavy atom. The molecular weight excluding hydrogens is 494 g/mol. The Kier molecular flexibility index (Phi) is 7.93. The van der Waals surface area contributed by atoms with Crippen molar-refractivity contribution in [3.8, 4) is 22.4 Å². The second-order valence-corrected chi connectivity index (χ2v) is 12.5. The first-order valence-electron chi connectivity index (χ1n) is 12.5. The van der Waals surface area contributed by atoms with Crippen molar-refractivity contribution < 1.29 is 18.4 Å². The molecule has 1 aliphatic carbocycles. The predicted molar refractivity (Wildman–Crippen MR) is 140 cm³/mol. The van der Waals surface area contributed by atoms with Crippen molar-refractivity contribution in [1.82, 2.24) is 25.0 Å². The van der Waals surface area contributed by atoms with Crippen molar-refractivity contribution in [2.45, 2.75) is 63.3 Å². The summed E-state index contributed by atoms with van der Waals surface area (Å²) in [4.78, 5) is 24.7. The number of hydrogen-bond acceptors (Lipinski definition) is 7. The third-order valence-corrected chi connectivity index (χ3v) is 9.48. The number of pyridine rings is 1. The van der Waals surface area contributed by atoms with Crippen LogP contribution in [0.15, 0.2) is 53.6 Å². The van der Waals surface area contributed by atoms with Crippen LogP contribution in [0.1, 0.15) is 45.4 Å². The zero-order valence-corrected chi connectivity index (χ0v) is 21.9. The van der Waals surface area contributed by atoms with Gasteiger partial charge in [0.15, 0.2) is 14.6 Å². The molecule has 4 rings (SSSR count). The van der Waals surface area contributed by atoms with Crippen LogP contribution in [0.2, 0.25) is 0 Å². The minimum absolute atomic E-state index is 0.00838. The summed E-state index contributed by atoms with van der Waals surface area (Å²) >= 11 is 0. The number of carbonyl (C=O) groups is 1. The van der Waals surface area contributed by atoms with Crippen molar-refractivity contribution in [2.24, 2.45) is 5.92 Å². The van der Waals surface area contributed by atoms with E-state index in [0.29, 0.717) is 11.5 Å². The molecule has 0 aliphatic heterocycles. The molecule has 1 amide bonds. The number of aryl methyl sites for hydroxylation is 1. The summed E-state index contributed by atoms with van der Waals surface area (Å²) in [5.41, 5.74) is 4.40. The molecule has 10 nitrogen and oxygen atoms in total. The van der Waals surface area contributed by atoms with Gasteiger partial charge in [-0.15, -0.1) is 5.10 Å². The van der Waals surface area contributed by atoms with Gasteiger partial charge in [-0.2, -0.15) is 0 Å². The van der Waals surface area contributed by atoms with E-state index in [-0.39, 0.29) is 18.5 Å². The van der Waals surface area contributed by atoms with E-state index in [1.807, 2.05) is 35.1 Å². The number of hydrogen-bond donors (Lipinski definition) is 2. The summed E-state index contributed by atoms with van der Waals surface area (Å²) in [5, 5.41) is 17.6. The highest BCUT2D eigenvalue weighted by Gasteiger charge is 2.43. The molecule has 0 bridgehead atoms. The van der Waals surface area contributed by atoms with Crippen LogP contribution in [0, 0.1) is 5.92 Å². The highest BCUT2D eigenvalue weighted by Crippen LogP contribution is 2.27. The van der Waals surface area contributed by atoms with E-state index in [2.05, 4.69) is 10.3 Å². The van der Waals surface area contributed by atoms with Gasteiger partial charge in [-0.3, -0.25) is 19.5 Å².